The maximum Gasteiger partial charge on any atom is 0.155 e. The number of hydrazine groups is 2. The van der Waals surface area contributed by atoms with E-state index < -0.39 is 0 Å². The van der Waals surface area contributed by atoms with E-state index in [4.69, 9.17) is 33.1 Å². The number of rotatable bonds is 8. The quantitative estimate of drug-likeness (QED) is 0.356. The van der Waals surface area contributed by atoms with Crippen molar-refractivity contribution in [3.05, 3.63) is 40.3 Å². The molecule has 1 aliphatic heterocycles. The molecule has 170 valence electrons. The summed E-state index contributed by atoms with van der Waals surface area (Å²) in [4.78, 5) is 9.75. The predicted octanol–water partition coefficient (Wildman–Crippen LogP) is 3.83. The lowest BCUT2D eigenvalue weighted by atomic mass is 10.00. The second-order valence-electron chi connectivity index (χ2n) is 8.67. The van der Waals surface area contributed by atoms with Crippen LogP contribution in [0.15, 0.2) is 18.2 Å². The van der Waals surface area contributed by atoms with Crippen LogP contribution in [-0.2, 0) is 6.54 Å². The lowest BCUT2D eigenvalue weighted by Crippen LogP contribution is -2.49. The summed E-state index contributed by atoms with van der Waals surface area (Å²) in [5.74, 6) is 8.00. The first-order valence-electron chi connectivity index (χ1n) is 10.8. The van der Waals surface area contributed by atoms with Gasteiger partial charge >= 0.3 is 0 Å². The van der Waals surface area contributed by atoms with Gasteiger partial charge in [-0.1, -0.05) is 38.4 Å². The van der Waals surface area contributed by atoms with Gasteiger partial charge in [0, 0.05) is 18.5 Å². The number of nitrogens with zero attached hydrogens (tertiary/aromatic N) is 4. The van der Waals surface area contributed by atoms with Crippen molar-refractivity contribution >= 4 is 28.8 Å². The van der Waals surface area contributed by atoms with Gasteiger partial charge in [-0.2, -0.15) is 0 Å². The molecule has 2 atom stereocenters. The number of halogens is 1. The molecule has 0 aliphatic carbocycles. The molecule has 31 heavy (non-hydrogen) atoms. The van der Waals surface area contributed by atoms with Gasteiger partial charge in [0.15, 0.2) is 5.82 Å². The molecule has 1 aromatic carbocycles. The third-order valence-electron chi connectivity index (χ3n) is 5.69. The summed E-state index contributed by atoms with van der Waals surface area (Å²) in [7, 11) is 0. The second kappa shape index (κ2) is 9.56. The lowest BCUT2D eigenvalue weighted by Gasteiger charge is -2.34. The number of nitrogens with one attached hydrogen (secondary N) is 1. The summed E-state index contributed by atoms with van der Waals surface area (Å²) in [5.41, 5.74) is 9.27. The summed E-state index contributed by atoms with van der Waals surface area (Å²) < 4.78 is 0. The monoisotopic (exact) mass is 447 g/mol. The second-order valence-corrected chi connectivity index (χ2v) is 9.08. The SMILES string of the molecule is CCC(CO)c1nc(NCc2ccc(Cl)c(N)c2)c2c(n1)C(C(C)C)N(N)N2C(C)C. The minimum absolute atomic E-state index is 0.00494. The van der Waals surface area contributed by atoms with Crippen molar-refractivity contribution in [2.45, 2.75) is 65.6 Å². The Morgan fingerprint density at radius 3 is 2.48 bits per heavy atom. The van der Waals surface area contributed by atoms with Crippen LogP contribution in [0.4, 0.5) is 17.2 Å². The molecule has 0 saturated carbocycles. The third kappa shape index (κ3) is 4.57. The fraction of sp³-hybridized carbons (Fsp3) is 0.545. The Morgan fingerprint density at radius 1 is 1.23 bits per heavy atom. The minimum atomic E-state index is -0.135. The number of benzene rings is 1. The lowest BCUT2D eigenvalue weighted by molar-refractivity contribution is 0.149. The highest BCUT2D eigenvalue weighted by Crippen LogP contribution is 2.46. The van der Waals surface area contributed by atoms with Crippen LogP contribution in [-0.4, -0.2) is 32.8 Å². The van der Waals surface area contributed by atoms with E-state index in [1.165, 1.54) is 0 Å². The van der Waals surface area contributed by atoms with Gasteiger partial charge in [-0.05, 0) is 43.9 Å². The standard InChI is InChI=1S/C22H34ClN7O/c1-6-15(11-31)21-27-18-19(12(2)3)30(25)29(13(4)5)20(18)22(28-21)26-10-14-7-8-16(23)17(24)9-14/h7-9,12-13,15,19,31H,6,10-11,24-25H2,1-5H3,(H,26,27,28). The van der Waals surface area contributed by atoms with Crippen LogP contribution >= 0.6 is 11.6 Å². The van der Waals surface area contributed by atoms with E-state index in [-0.39, 0.29) is 30.5 Å². The van der Waals surface area contributed by atoms with Crippen molar-refractivity contribution in [3.63, 3.8) is 0 Å². The number of aromatic nitrogens is 2. The maximum absolute atomic E-state index is 9.88. The highest BCUT2D eigenvalue weighted by atomic mass is 35.5. The van der Waals surface area contributed by atoms with Crippen LogP contribution < -0.4 is 21.9 Å². The van der Waals surface area contributed by atoms with Crippen LogP contribution in [0.5, 0.6) is 0 Å². The molecule has 0 bridgehead atoms. The molecule has 1 aromatic heterocycles. The smallest absolute Gasteiger partial charge is 0.155 e. The number of anilines is 3. The normalized spacial score (nSPS) is 17.5. The van der Waals surface area contributed by atoms with Crippen molar-refractivity contribution in [2.24, 2.45) is 11.8 Å². The fourth-order valence-electron chi connectivity index (χ4n) is 4.03. The van der Waals surface area contributed by atoms with Gasteiger partial charge in [-0.3, -0.25) is 5.01 Å². The first-order valence-corrected chi connectivity index (χ1v) is 11.2. The largest absolute Gasteiger partial charge is 0.398 e. The number of aliphatic hydroxyl groups is 1. The first-order chi connectivity index (χ1) is 14.7. The van der Waals surface area contributed by atoms with E-state index in [0.717, 1.165) is 23.4 Å². The Kier molecular flexibility index (Phi) is 7.26. The van der Waals surface area contributed by atoms with E-state index in [0.29, 0.717) is 28.9 Å². The van der Waals surface area contributed by atoms with Crippen molar-refractivity contribution in [1.82, 2.24) is 15.1 Å². The molecular formula is C22H34ClN7O. The Morgan fingerprint density at radius 2 is 1.94 bits per heavy atom. The highest BCUT2D eigenvalue weighted by Gasteiger charge is 2.42. The Labute approximate surface area is 189 Å². The number of fused-ring (bicyclic) bond motifs is 1. The van der Waals surface area contributed by atoms with Crippen molar-refractivity contribution in [1.29, 1.82) is 0 Å². The van der Waals surface area contributed by atoms with E-state index in [9.17, 15) is 5.11 Å². The maximum atomic E-state index is 9.88. The topological polar surface area (TPSA) is 117 Å². The molecule has 0 fully saturated rings. The van der Waals surface area contributed by atoms with E-state index >= 15 is 0 Å². The van der Waals surface area contributed by atoms with E-state index in [1.807, 2.05) is 24.1 Å². The van der Waals surface area contributed by atoms with Crippen LogP contribution in [0.3, 0.4) is 0 Å². The molecule has 2 unspecified atom stereocenters. The first kappa shape index (κ1) is 23.5. The fourth-order valence-corrected chi connectivity index (χ4v) is 4.15. The van der Waals surface area contributed by atoms with E-state index in [2.05, 4.69) is 33.0 Å². The van der Waals surface area contributed by atoms with Gasteiger partial charge in [0.05, 0.1) is 29.1 Å². The van der Waals surface area contributed by atoms with Gasteiger partial charge in [0.1, 0.15) is 11.5 Å². The van der Waals surface area contributed by atoms with Crippen LogP contribution in [0, 0.1) is 5.92 Å². The van der Waals surface area contributed by atoms with Crippen molar-refractivity contribution in [3.8, 4) is 0 Å². The van der Waals surface area contributed by atoms with Gasteiger partial charge in [-0.25, -0.2) is 15.8 Å². The molecule has 2 aromatic rings. The molecule has 2 heterocycles. The molecule has 0 spiro atoms. The van der Waals surface area contributed by atoms with Gasteiger partial charge in [0.25, 0.3) is 0 Å². The zero-order valence-corrected chi connectivity index (χ0v) is 19.7. The number of hydrogen-bond acceptors (Lipinski definition) is 8. The van der Waals surface area contributed by atoms with Crippen molar-refractivity contribution in [2.75, 3.05) is 22.7 Å². The molecule has 0 saturated heterocycles. The van der Waals surface area contributed by atoms with Gasteiger partial charge in [-0.15, -0.1) is 5.12 Å². The van der Waals surface area contributed by atoms with Crippen LogP contribution in [0.2, 0.25) is 5.02 Å². The van der Waals surface area contributed by atoms with Crippen LogP contribution in [0.1, 0.15) is 70.1 Å². The summed E-state index contributed by atoms with van der Waals surface area (Å²) >= 11 is 6.06. The number of aliphatic hydroxyl groups excluding tert-OH is 1. The third-order valence-corrected chi connectivity index (χ3v) is 6.03. The van der Waals surface area contributed by atoms with Gasteiger partial charge < -0.3 is 16.2 Å². The molecule has 8 nitrogen and oxygen atoms in total. The van der Waals surface area contributed by atoms with Gasteiger partial charge in [0.2, 0.25) is 0 Å². The molecule has 6 N–H and O–H groups in total. The predicted molar refractivity (Wildman–Crippen MR) is 127 cm³/mol. The molecule has 3 rings (SSSR count). The number of nitrogens with two attached hydrogens (primary N) is 2. The Balaban J connectivity index is 2.09. The van der Waals surface area contributed by atoms with E-state index in [1.54, 1.807) is 11.2 Å². The average Bonchev–Trinajstić information content (AvgIpc) is 3.02. The van der Waals surface area contributed by atoms with Crippen LogP contribution in [0.25, 0.3) is 0 Å². The van der Waals surface area contributed by atoms with Crippen molar-refractivity contribution < 1.29 is 5.11 Å². The number of nitrogen functional groups attached to an aromatic ring is 1. The zero-order valence-electron chi connectivity index (χ0n) is 18.9. The Bertz CT molecular complexity index is 917. The minimum Gasteiger partial charge on any atom is -0.398 e. The summed E-state index contributed by atoms with van der Waals surface area (Å²) in [6, 6.07) is 5.62. The highest BCUT2D eigenvalue weighted by molar-refractivity contribution is 6.33. The summed E-state index contributed by atoms with van der Waals surface area (Å²) in [6.07, 6.45) is 0.745. The Hall–Kier alpha value is -2.13. The zero-order chi connectivity index (χ0) is 22.9. The molecular weight excluding hydrogens is 414 g/mol. The molecule has 1 aliphatic rings. The molecule has 9 heteroatoms. The summed E-state index contributed by atoms with van der Waals surface area (Å²) in [5, 5.41) is 17.7. The summed E-state index contributed by atoms with van der Waals surface area (Å²) in [6.45, 7) is 11.0. The number of hydrogen-bond donors (Lipinski definition) is 4. The molecule has 0 radical (unpaired) electrons. The average molecular weight is 448 g/mol. The molecule has 0 amide bonds.